The predicted octanol–water partition coefficient (Wildman–Crippen LogP) is 3.79. The van der Waals surface area contributed by atoms with Crippen LogP contribution >= 0.6 is 23.2 Å². The number of hydrogen-bond donors (Lipinski definition) is 1. The van der Waals surface area contributed by atoms with E-state index in [2.05, 4.69) is 10.1 Å². The topological polar surface area (TPSA) is 55.4 Å². The van der Waals surface area contributed by atoms with Crippen LogP contribution in [0.1, 0.15) is 15.9 Å². The van der Waals surface area contributed by atoms with Gasteiger partial charge in [-0.2, -0.15) is 0 Å². The summed E-state index contributed by atoms with van der Waals surface area (Å²) in [5.74, 6) is -4.16. The summed E-state index contributed by atoms with van der Waals surface area (Å²) in [6.45, 7) is 0. The Labute approximate surface area is 152 Å². The highest BCUT2D eigenvalue weighted by molar-refractivity contribution is 6.35. The van der Waals surface area contributed by atoms with Crippen LogP contribution in [0.2, 0.25) is 10.0 Å². The smallest absolute Gasteiger partial charge is 0.328 e. The molecule has 0 aliphatic heterocycles. The third-order valence-corrected chi connectivity index (χ3v) is 4.01. The van der Waals surface area contributed by atoms with Gasteiger partial charge in [-0.25, -0.2) is 13.6 Å². The highest BCUT2D eigenvalue weighted by atomic mass is 35.5. The number of rotatable bonds is 5. The highest BCUT2D eigenvalue weighted by Crippen LogP contribution is 2.22. The zero-order valence-electron chi connectivity index (χ0n) is 13.0. The molecule has 1 atom stereocenters. The van der Waals surface area contributed by atoms with Crippen molar-refractivity contribution in [3.05, 3.63) is 69.2 Å². The summed E-state index contributed by atoms with van der Waals surface area (Å²) < 4.78 is 31.6. The monoisotopic (exact) mass is 387 g/mol. The molecule has 0 saturated heterocycles. The number of carbonyl (C=O) groups excluding carboxylic acids is 2. The minimum atomic E-state index is -1.30. The summed E-state index contributed by atoms with van der Waals surface area (Å²) in [5.41, 5.74) is 0.0117. The first-order valence-electron chi connectivity index (χ1n) is 7.10. The van der Waals surface area contributed by atoms with Crippen LogP contribution in [0.4, 0.5) is 8.78 Å². The quantitative estimate of drug-likeness (QED) is 0.794. The van der Waals surface area contributed by atoms with Gasteiger partial charge in [-0.05, 0) is 29.8 Å². The Morgan fingerprint density at radius 2 is 1.92 bits per heavy atom. The molecular weight excluding hydrogens is 375 g/mol. The van der Waals surface area contributed by atoms with Crippen molar-refractivity contribution in [1.82, 2.24) is 5.32 Å². The fraction of sp³-hybridized carbons (Fsp3) is 0.176. The Kier molecular flexibility index (Phi) is 6.33. The van der Waals surface area contributed by atoms with E-state index < -0.39 is 35.1 Å². The lowest BCUT2D eigenvalue weighted by Gasteiger charge is -2.17. The summed E-state index contributed by atoms with van der Waals surface area (Å²) in [5, 5.41) is 3.04. The lowest BCUT2D eigenvalue weighted by molar-refractivity contribution is -0.142. The lowest BCUT2D eigenvalue weighted by Crippen LogP contribution is -2.43. The molecule has 1 amide bonds. The van der Waals surface area contributed by atoms with Crippen molar-refractivity contribution < 1.29 is 23.1 Å². The van der Waals surface area contributed by atoms with Crippen LogP contribution in [0.5, 0.6) is 0 Å². The molecule has 8 heteroatoms. The van der Waals surface area contributed by atoms with Crippen molar-refractivity contribution in [3.8, 4) is 0 Å². The maximum atomic E-state index is 13.7. The number of nitrogens with one attached hydrogen (secondary N) is 1. The van der Waals surface area contributed by atoms with Gasteiger partial charge in [0.25, 0.3) is 5.91 Å². The Morgan fingerprint density at radius 1 is 1.20 bits per heavy atom. The first kappa shape index (κ1) is 19.1. The molecular formula is C17H13Cl2F2NO3. The molecule has 25 heavy (non-hydrogen) atoms. The molecule has 0 radical (unpaired) electrons. The van der Waals surface area contributed by atoms with E-state index in [9.17, 15) is 18.4 Å². The molecule has 0 saturated carbocycles. The summed E-state index contributed by atoms with van der Waals surface area (Å²) >= 11 is 11.9. The number of esters is 1. The molecule has 0 aromatic heterocycles. The van der Waals surface area contributed by atoms with E-state index in [0.717, 1.165) is 19.2 Å². The Morgan fingerprint density at radius 3 is 2.56 bits per heavy atom. The average Bonchev–Trinajstić information content (AvgIpc) is 2.58. The molecule has 0 spiro atoms. The van der Waals surface area contributed by atoms with E-state index in [1.807, 2.05) is 0 Å². The van der Waals surface area contributed by atoms with Crippen LogP contribution in [0.3, 0.4) is 0 Å². The van der Waals surface area contributed by atoms with Crippen LogP contribution in [-0.4, -0.2) is 25.0 Å². The minimum Gasteiger partial charge on any atom is -0.467 e. The molecule has 2 rings (SSSR count). The summed E-state index contributed by atoms with van der Waals surface area (Å²) in [7, 11) is 1.15. The van der Waals surface area contributed by atoms with Gasteiger partial charge in [0.15, 0.2) is 11.6 Å². The highest BCUT2D eigenvalue weighted by Gasteiger charge is 2.25. The number of amides is 1. The fourth-order valence-electron chi connectivity index (χ4n) is 2.16. The van der Waals surface area contributed by atoms with Gasteiger partial charge in [-0.3, -0.25) is 4.79 Å². The number of benzene rings is 2. The van der Waals surface area contributed by atoms with E-state index >= 15 is 0 Å². The normalized spacial score (nSPS) is 11.7. The van der Waals surface area contributed by atoms with Crippen molar-refractivity contribution in [2.24, 2.45) is 0 Å². The number of halogens is 4. The van der Waals surface area contributed by atoms with Gasteiger partial charge in [0.2, 0.25) is 0 Å². The van der Waals surface area contributed by atoms with Crippen molar-refractivity contribution in [2.45, 2.75) is 12.5 Å². The standard InChI is InChI=1S/C17H13Cl2F2NO3/c1-25-17(24)14(7-9-5-6-10(18)8-12(9)19)22-16(23)11-3-2-4-13(20)15(11)21/h2-6,8,14H,7H2,1H3,(H,22,23)/t14-/m0/s1. The zero-order chi connectivity index (χ0) is 18.6. The second-order valence-electron chi connectivity index (χ2n) is 5.09. The van der Waals surface area contributed by atoms with Gasteiger partial charge >= 0.3 is 5.97 Å². The summed E-state index contributed by atoms with van der Waals surface area (Å²) in [4.78, 5) is 24.1. The molecule has 0 aliphatic carbocycles. The fourth-order valence-corrected chi connectivity index (χ4v) is 2.64. The maximum absolute atomic E-state index is 13.7. The number of methoxy groups -OCH3 is 1. The van der Waals surface area contributed by atoms with E-state index in [1.54, 1.807) is 12.1 Å². The molecule has 1 N–H and O–H groups in total. The summed E-state index contributed by atoms with van der Waals surface area (Å²) in [6.07, 6.45) is -0.00858. The number of carbonyl (C=O) groups is 2. The molecule has 0 aliphatic rings. The Balaban J connectivity index is 2.24. The van der Waals surface area contributed by atoms with Gasteiger partial charge in [0.05, 0.1) is 12.7 Å². The molecule has 2 aromatic rings. The van der Waals surface area contributed by atoms with Crippen molar-refractivity contribution in [3.63, 3.8) is 0 Å². The molecule has 132 valence electrons. The van der Waals surface area contributed by atoms with Crippen molar-refractivity contribution in [2.75, 3.05) is 7.11 Å². The Bertz CT molecular complexity index is 814. The first-order chi connectivity index (χ1) is 11.8. The van der Waals surface area contributed by atoms with Crippen LogP contribution in [0, 0.1) is 11.6 Å². The van der Waals surface area contributed by atoms with Gasteiger partial charge < -0.3 is 10.1 Å². The SMILES string of the molecule is COC(=O)[C@H](Cc1ccc(Cl)cc1Cl)NC(=O)c1cccc(F)c1F. The van der Waals surface area contributed by atoms with E-state index in [1.165, 1.54) is 12.1 Å². The maximum Gasteiger partial charge on any atom is 0.328 e. The molecule has 0 heterocycles. The number of hydrogen-bond acceptors (Lipinski definition) is 3. The third-order valence-electron chi connectivity index (χ3n) is 3.43. The largest absolute Gasteiger partial charge is 0.467 e. The zero-order valence-corrected chi connectivity index (χ0v) is 14.5. The van der Waals surface area contributed by atoms with Crippen molar-refractivity contribution >= 4 is 35.1 Å². The molecule has 4 nitrogen and oxygen atoms in total. The third kappa shape index (κ3) is 4.67. The van der Waals surface area contributed by atoms with Gasteiger partial charge in [-0.15, -0.1) is 0 Å². The number of ether oxygens (including phenoxy) is 1. The second-order valence-corrected chi connectivity index (χ2v) is 5.93. The van der Waals surface area contributed by atoms with Crippen LogP contribution in [0.15, 0.2) is 36.4 Å². The Hall–Kier alpha value is -2.18. The second kappa shape index (κ2) is 8.27. The van der Waals surface area contributed by atoms with Crippen LogP contribution in [0.25, 0.3) is 0 Å². The van der Waals surface area contributed by atoms with E-state index in [4.69, 9.17) is 23.2 Å². The summed E-state index contributed by atoms with van der Waals surface area (Å²) in [6, 6.07) is 6.70. The lowest BCUT2D eigenvalue weighted by atomic mass is 10.0. The average molecular weight is 388 g/mol. The molecule has 0 fully saturated rings. The van der Waals surface area contributed by atoms with Crippen LogP contribution in [-0.2, 0) is 16.0 Å². The molecule has 0 bridgehead atoms. The minimum absolute atomic E-state index is 0.00858. The van der Waals surface area contributed by atoms with Gasteiger partial charge in [0, 0.05) is 16.5 Å². The first-order valence-corrected chi connectivity index (χ1v) is 7.85. The van der Waals surface area contributed by atoms with Crippen LogP contribution < -0.4 is 5.32 Å². The van der Waals surface area contributed by atoms with E-state index in [-0.39, 0.29) is 6.42 Å². The molecule has 2 aromatic carbocycles. The van der Waals surface area contributed by atoms with E-state index in [0.29, 0.717) is 15.6 Å². The van der Waals surface area contributed by atoms with Gasteiger partial charge in [-0.1, -0.05) is 35.3 Å². The van der Waals surface area contributed by atoms with Crippen molar-refractivity contribution in [1.29, 1.82) is 0 Å². The predicted molar refractivity (Wildman–Crippen MR) is 89.8 cm³/mol. The molecule has 0 unspecified atom stereocenters. The van der Waals surface area contributed by atoms with Gasteiger partial charge in [0.1, 0.15) is 6.04 Å².